The fraction of sp³-hybridized carbons (Fsp3) is 0.765. The Morgan fingerprint density at radius 3 is 2.71 bits per heavy atom. The lowest BCUT2D eigenvalue weighted by Gasteiger charge is -2.39. The number of hydrogen-bond donors (Lipinski definition) is 1. The van der Waals surface area contributed by atoms with Gasteiger partial charge in [0.1, 0.15) is 12.1 Å². The molecule has 1 heterocycles. The molecule has 3 rings (SSSR count). The molecule has 0 spiro atoms. The van der Waals surface area contributed by atoms with E-state index in [1.807, 2.05) is 0 Å². The van der Waals surface area contributed by atoms with Crippen molar-refractivity contribution in [2.45, 2.75) is 70.3 Å². The zero-order valence-corrected chi connectivity index (χ0v) is 13.8. The van der Waals surface area contributed by atoms with Gasteiger partial charge in [0.25, 0.3) is 0 Å². The van der Waals surface area contributed by atoms with Crippen molar-refractivity contribution in [1.29, 1.82) is 0 Å². The second kappa shape index (κ2) is 6.51. The summed E-state index contributed by atoms with van der Waals surface area (Å²) in [6.45, 7) is 2.34. The van der Waals surface area contributed by atoms with Gasteiger partial charge in [0.2, 0.25) is 0 Å². The molecule has 1 saturated carbocycles. The van der Waals surface area contributed by atoms with Gasteiger partial charge in [-0.15, -0.1) is 11.6 Å². The summed E-state index contributed by atoms with van der Waals surface area (Å²) in [4.78, 5) is 9.07. The molecule has 4 heteroatoms. The average molecular weight is 308 g/mol. The number of aromatic nitrogens is 2. The van der Waals surface area contributed by atoms with Gasteiger partial charge in [-0.2, -0.15) is 0 Å². The van der Waals surface area contributed by atoms with Crippen molar-refractivity contribution in [3.63, 3.8) is 0 Å². The number of alkyl halides is 1. The monoisotopic (exact) mass is 307 g/mol. The topological polar surface area (TPSA) is 37.8 Å². The van der Waals surface area contributed by atoms with Crippen LogP contribution in [0.1, 0.15) is 63.1 Å². The summed E-state index contributed by atoms with van der Waals surface area (Å²) < 4.78 is 0. The standard InChI is InChI=1S/C17H26ClN3/c1-13-7-9-17(11-18,10-8-13)21-16-14-5-3-2-4-6-15(14)19-12-20-16/h12-13H,2-11H2,1H3,(H,19,20,21). The van der Waals surface area contributed by atoms with E-state index < -0.39 is 0 Å². The second-order valence-corrected chi connectivity index (χ2v) is 7.20. The van der Waals surface area contributed by atoms with Crippen LogP contribution >= 0.6 is 11.6 Å². The van der Waals surface area contributed by atoms with Crippen LogP contribution in [0.5, 0.6) is 0 Å². The molecule has 1 aromatic heterocycles. The van der Waals surface area contributed by atoms with Crippen LogP contribution in [0.4, 0.5) is 5.82 Å². The fourth-order valence-corrected chi connectivity index (χ4v) is 4.00. The van der Waals surface area contributed by atoms with Crippen LogP contribution in [0.15, 0.2) is 6.33 Å². The van der Waals surface area contributed by atoms with Crippen LogP contribution in [0, 0.1) is 5.92 Å². The quantitative estimate of drug-likeness (QED) is 0.666. The SMILES string of the molecule is CC1CCC(CCl)(Nc2ncnc3c2CCCCC3)CC1. The zero-order chi connectivity index (χ0) is 14.7. The van der Waals surface area contributed by atoms with Crippen molar-refractivity contribution < 1.29 is 0 Å². The number of aryl methyl sites for hydroxylation is 1. The van der Waals surface area contributed by atoms with Gasteiger partial charge in [0.15, 0.2) is 0 Å². The summed E-state index contributed by atoms with van der Waals surface area (Å²) in [5.74, 6) is 2.54. The van der Waals surface area contributed by atoms with Crippen LogP contribution in [-0.4, -0.2) is 21.4 Å². The average Bonchev–Trinajstić information content (AvgIpc) is 2.76. The lowest BCUT2D eigenvalue weighted by atomic mass is 9.78. The van der Waals surface area contributed by atoms with E-state index in [-0.39, 0.29) is 5.54 Å². The van der Waals surface area contributed by atoms with E-state index in [1.165, 1.54) is 43.4 Å². The molecular weight excluding hydrogens is 282 g/mol. The molecule has 0 atom stereocenters. The highest BCUT2D eigenvalue weighted by molar-refractivity contribution is 6.18. The first-order chi connectivity index (χ1) is 10.2. The Morgan fingerprint density at radius 1 is 1.19 bits per heavy atom. The Labute approximate surface area is 132 Å². The van der Waals surface area contributed by atoms with Gasteiger partial charge in [-0.05, 0) is 57.3 Å². The molecule has 0 amide bonds. The number of rotatable bonds is 3. The van der Waals surface area contributed by atoms with E-state index in [1.54, 1.807) is 6.33 Å². The molecule has 2 aliphatic carbocycles. The molecule has 116 valence electrons. The maximum atomic E-state index is 6.34. The van der Waals surface area contributed by atoms with Gasteiger partial charge in [0, 0.05) is 17.1 Å². The Morgan fingerprint density at radius 2 is 1.95 bits per heavy atom. The van der Waals surface area contributed by atoms with E-state index in [9.17, 15) is 0 Å². The number of fused-ring (bicyclic) bond motifs is 1. The first kappa shape index (κ1) is 15.1. The maximum absolute atomic E-state index is 6.34. The van der Waals surface area contributed by atoms with Crippen molar-refractivity contribution in [2.75, 3.05) is 11.2 Å². The molecule has 3 nitrogen and oxygen atoms in total. The molecule has 0 saturated heterocycles. The Bertz CT molecular complexity index is 481. The third-order valence-electron chi connectivity index (χ3n) is 5.25. The predicted molar refractivity (Wildman–Crippen MR) is 88.0 cm³/mol. The Kier molecular flexibility index (Phi) is 4.68. The van der Waals surface area contributed by atoms with E-state index in [0.717, 1.165) is 37.4 Å². The smallest absolute Gasteiger partial charge is 0.133 e. The first-order valence-electron chi connectivity index (χ1n) is 8.39. The van der Waals surface area contributed by atoms with Gasteiger partial charge in [-0.1, -0.05) is 13.3 Å². The van der Waals surface area contributed by atoms with Crippen LogP contribution in [0.3, 0.4) is 0 Å². The zero-order valence-electron chi connectivity index (χ0n) is 13.0. The highest BCUT2D eigenvalue weighted by Gasteiger charge is 2.34. The molecule has 0 bridgehead atoms. The molecular formula is C17H26ClN3. The van der Waals surface area contributed by atoms with Crippen LogP contribution in [0.2, 0.25) is 0 Å². The molecule has 0 radical (unpaired) electrons. The lowest BCUT2D eigenvalue weighted by Crippen LogP contribution is -2.44. The highest BCUT2D eigenvalue weighted by Crippen LogP contribution is 2.36. The van der Waals surface area contributed by atoms with Crippen LogP contribution in [0.25, 0.3) is 0 Å². The lowest BCUT2D eigenvalue weighted by molar-refractivity contribution is 0.286. The van der Waals surface area contributed by atoms with Gasteiger partial charge >= 0.3 is 0 Å². The number of nitrogens with one attached hydrogen (secondary N) is 1. The molecule has 1 fully saturated rings. The third kappa shape index (κ3) is 3.33. The van der Waals surface area contributed by atoms with Gasteiger partial charge in [-0.3, -0.25) is 0 Å². The Hall–Kier alpha value is -0.830. The summed E-state index contributed by atoms with van der Waals surface area (Å²) in [6, 6.07) is 0. The second-order valence-electron chi connectivity index (χ2n) is 6.93. The number of hydrogen-bond acceptors (Lipinski definition) is 3. The molecule has 21 heavy (non-hydrogen) atoms. The van der Waals surface area contributed by atoms with Gasteiger partial charge in [0.05, 0.1) is 5.54 Å². The highest BCUT2D eigenvalue weighted by atomic mass is 35.5. The van der Waals surface area contributed by atoms with Crippen molar-refractivity contribution in [2.24, 2.45) is 5.92 Å². The minimum absolute atomic E-state index is 0.0303. The van der Waals surface area contributed by atoms with E-state index >= 15 is 0 Å². The van der Waals surface area contributed by atoms with E-state index in [0.29, 0.717) is 5.88 Å². The molecule has 0 aliphatic heterocycles. The fourth-order valence-electron chi connectivity index (χ4n) is 3.66. The molecule has 1 N–H and O–H groups in total. The van der Waals surface area contributed by atoms with Gasteiger partial charge < -0.3 is 5.32 Å². The van der Waals surface area contributed by atoms with Crippen molar-refractivity contribution in [1.82, 2.24) is 9.97 Å². The molecule has 1 aromatic rings. The Balaban J connectivity index is 1.83. The minimum Gasteiger partial charge on any atom is -0.363 e. The summed E-state index contributed by atoms with van der Waals surface area (Å²) in [7, 11) is 0. The maximum Gasteiger partial charge on any atom is 0.133 e. The van der Waals surface area contributed by atoms with Gasteiger partial charge in [-0.25, -0.2) is 9.97 Å². The predicted octanol–water partition coefficient (Wildman–Crippen LogP) is 4.35. The number of nitrogens with zero attached hydrogens (tertiary/aromatic N) is 2. The molecule has 2 aliphatic rings. The number of halogens is 1. The summed E-state index contributed by atoms with van der Waals surface area (Å²) in [5.41, 5.74) is 2.62. The van der Waals surface area contributed by atoms with Crippen LogP contribution in [-0.2, 0) is 12.8 Å². The molecule has 0 aromatic carbocycles. The van der Waals surface area contributed by atoms with Crippen molar-refractivity contribution in [3.8, 4) is 0 Å². The summed E-state index contributed by atoms with van der Waals surface area (Å²) in [5, 5.41) is 3.74. The first-order valence-corrected chi connectivity index (χ1v) is 8.93. The third-order valence-corrected chi connectivity index (χ3v) is 5.76. The van der Waals surface area contributed by atoms with Crippen molar-refractivity contribution in [3.05, 3.63) is 17.6 Å². The summed E-state index contributed by atoms with van der Waals surface area (Å²) >= 11 is 6.34. The normalized spacial score (nSPS) is 29.5. The van der Waals surface area contributed by atoms with Crippen molar-refractivity contribution >= 4 is 17.4 Å². The minimum atomic E-state index is 0.0303. The summed E-state index contributed by atoms with van der Waals surface area (Å²) in [6.07, 6.45) is 12.5. The van der Waals surface area contributed by atoms with Crippen LogP contribution < -0.4 is 5.32 Å². The molecule has 0 unspecified atom stereocenters. The number of anilines is 1. The van der Waals surface area contributed by atoms with E-state index in [2.05, 4.69) is 22.2 Å². The van der Waals surface area contributed by atoms with E-state index in [4.69, 9.17) is 11.6 Å². The largest absolute Gasteiger partial charge is 0.363 e.